The molecule has 0 saturated carbocycles. The molecule has 2 aromatic rings. The molecule has 1 N–H and O–H groups in total. The van der Waals surface area contributed by atoms with Crippen molar-refractivity contribution >= 4 is 23.4 Å². The Morgan fingerprint density at radius 2 is 2.33 bits per heavy atom. The molecule has 0 bridgehead atoms. The number of hydrogen-bond acceptors (Lipinski definition) is 4. The van der Waals surface area contributed by atoms with Crippen molar-refractivity contribution in [3.05, 3.63) is 29.2 Å². The summed E-state index contributed by atoms with van der Waals surface area (Å²) in [6.45, 7) is 0. The van der Waals surface area contributed by atoms with E-state index in [4.69, 9.17) is 9.84 Å². The Morgan fingerprint density at radius 3 is 2.94 bits per heavy atom. The van der Waals surface area contributed by atoms with Crippen molar-refractivity contribution in [2.24, 2.45) is 7.05 Å². The van der Waals surface area contributed by atoms with Crippen LogP contribution in [0, 0.1) is 0 Å². The fourth-order valence-corrected chi connectivity index (χ4v) is 2.36. The molecule has 2 aromatic heterocycles. The molecule has 6 heteroatoms. The lowest BCUT2D eigenvalue weighted by Gasteiger charge is -1.95. The van der Waals surface area contributed by atoms with E-state index in [1.54, 1.807) is 24.9 Å². The summed E-state index contributed by atoms with van der Waals surface area (Å²) < 4.78 is 6.80. The van der Waals surface area contributed by atoms with Gasteiger partial charge in [-0.1, -0.05) is 0 Å². The van der Waals surface area contributed by atoms with Crippen LogP contribution in [-0.4, -0.2) is 28.0 Å². The van der Waals surface area contributed by atoms with Crippen LogP contribution in [0.15, 0.2) is 24.3 Å². The van der Waals surface area contributed by atoms with Gasteiger partial charge < -0.3 is 9.84 Å². The first kappa shape index (κ1) is 12.4. The van der Waals surface area contributed by atoms with Gasteiger partial charge in [0.25, 0.3) is 0 Å². The molecule has 18 heavy (non-hydrogen) atoms. The zero-order valence-corrected chi connectivity index (χ0v) is 10.8. The van der Waals surface area contributed by atoms with Crippen LogP contribution in [0.4, 0.5) is 0 Å². The van der Waals surface area contributed by atoms with Gasteiger partial charge in [0.05, 0.1) is 12.0 Å². The average Bonchev–Trinajstić information content (AvgIpc) is 2.92. The minimum atomic E-state index is -0.954. The van der Waals surface area contributed by atoms with Crippen LogP contribution in [-0.2, 0) is 11.8 Å². The molecule has 0 aromatic carbocycles. The van der Waals surface area contributed by atoms with Gasteiger partial charge in [-0.2, -0.15) is 5.10 Å². The minimum Gasteiger partial charge on any atom is -0.481 e. The predicted octanol–water partition coefficient (Wildman–Crippen LogP) is 2.25. The topological polar surface area (TPSA) is 64.3 Å². The highest BCUT2D eigenvalue weighted by Gasteiger charge is 2.09. The number of hydrogen-bond donors (Lipinski definition) is 1. The third-order valence-corrected chi connectivity index (χ3v) is 3.39. The van der Waals surface area contributed by atoms with Crippen LogP contribution in [0.5, 0.6) is 5.88 Å². The number of aryl methyl sites for hydroxylation is 1. The number of carboxylic acids is 1. The van der Waals surface area contributed by atoms with Gasteiger partial charge in [0, 0.05) is 24.1 Å². The van der Waals surface area contributed by atoms with Crippen LogP contribution < -0.4 is 4.74 Å². The maximum Gasteiger partial charge on any atom is 0.328 e. The molecule has 0 amide bonds. The Balaban J connectivity index is 2.26. The molecular formula is C12H12N2O3S. The first-order valence-corrected chi connectivity index (χ1v) is 6.01. The summed E-state index contributed by atoms with van der Waals surface area (Å²) in [6, 6.07) is 5.62. The normalized spacial score (nSPS) is 11.0. The first-order chi connectivity index (χ1) is 8.60. The molecule has 0 atom stereocenters. The van der Waals surface area contributed by atoms with Crippen LogP contribution in [0.2, 0.25) is 0 Å². The summed E-state index contributed by atoms with van der Waals surface area (Å²) in [4.78, 5) is 12.3. The van der Waals surface area contributed by atoms with E-state index in [9.17, 15) is 4.79 Å². The minimum absolute atomic E-state index is 0.682. The van der Waals surface area contributed by atoms with E-state index >= 15 is 0 Å². The number of ether oxygens (including phenoxy) is 1. The molecule has 0 fully saturated rings. The lowest BCUT2D eigenvalue weighted by Crippen LogP contribution is -1.94. The number of carboxylic acid groups (broad SMARTS) is 1. The molecule has 5 nitrogen and oxygen atoms in total. The van der Waals surface area contributed by atoms with E-state index in [2.05, 4.69) is 5.10 Å². The Kier molecular flexibility index (Phi) is 3.47. The van der Waals surface area contributed by atoms with Crippen molar-refractivity contribution in [1.29, 1.82) is 0 Å². The maximum absolute atomic E-state index is 10.4. The van der Waals surface area contributed by atoms with Gasteiger partial charge in [0.1, 0.15) is 5.69 Å². The molecule has 0 unspecified atom stereocenters. The van der Waals surface area contributed by atoms with Crippen molar-refractivity contribution in [2.75, 3.05) is 7.11 Å². The molecule has 0 aliphatic heterocycles. The van der Waals surface area contributed by atoms with Gasteiger partial charge in [-0.15, -0.1) is 11.3 Å². The number of aliphatic carboxylic acids is 1. The Morgan fingerprint density at radius 1 is 1.56 bits per heavy atom. The SMILES string of the molecule is COc1cc(-c2ccc(/C=C/C(=O)O)s2)nn1C. The van der Waals surface area contributed by atoms with Crippen LogP contribution in [0.3, 0.4) is 0 Å². The molecule has 0 aliphatic rings. The summed E-state index contributed by atoms with van der Waals surface area (Å²) >= 11 is 1.48. The molecular weight excluding hydrogens is 252 g/mol. The number of thiophene rings is 1. The summed E-state index contributed by atoms with van der Waals surface area (Å²) in [5.74, 6) is -0.273. The van der Waals surface area contributed by atoms with E-state index < -0.39 is 5.97 Å². The van der Waals surface area contributed by atoms with Crippen LogP contribution >= 0.6 is 11.3 Å². The van der Waals surface area contributed by atoms with Crippen molar-refractivity contribution in [3.63, 3.8) is 0 Å². The smallest absolute Gasteiger partial charge is 0.328 e. The van der Waals surface area contributed by atoms with Crippen molar-refractivity contribution in [1.82, 2.24) is 9.78 Å². The van der Waals surface area contributed by atoms with Crippen LogP contribution in [0.1, 0.15) is 4.88 Å². The van der Waals surface area contributed by atoms with Gasteiger partial charge in [-0.05, 0) is 18.2 Å². The van der Waals surface area contributed by atoms with Crippen molar-refractivity contribution in [3.8, 4) is 16.5 Å². The fraction of sp³-hybridized carbons (Fsp3) is 0.167. The van der Waals surface area contributed by atoms with Crippen LogP contribution in [0.25, 0.3) is 16.6 Å². The van der Waals surface area contributed by atoms with Gasteiger partial charge >= 0.3 is 5.97 Å². The number of rotatable bonds is 4. The summed E-state index contributed by atoms with van der Waals surface area (Å²) in [6.07, 6.45) is 2.69. The van der Waals surface area contributed by atoms with Crippen molar-refractivity contribution < 1.29 is 14.6 Å². The predicted molar refractivity (Wildman–Crippen MR) is 69.7 cm³/mol. The van der Waals surface area contributed by atoms with Gasteiger partial charge in [-0.3, -0.25) is 0 Å². The largest absolute Gasteiger partial charge is 0.481 e. The standard InChI is InChI=1S/C12H12N2O3S/c1-14-11(17-2)7-9(13-14)10-5-3-8(18-10)4-6-12(15)16/h3-7H,1-2H3,(H,15,16)/b6-4+. The zero-order valence-electron chi connectivity index (χ0n) is 9.95. The number of carbonyl (C=O) groups is 1. The Labute approximate surface area is 108 Å². The van der Waals surface area contributed by atoms with Crippen molar-refractivity contribution in [2.45, 2.75) is 0 Å². The van der Waals surface area contributed by atoms with Gasteiger partial charge in [0.2, 0.25) is 5.88 Å². The molecule has 2 rings (SSSR count). The summed E-state index contributed by atoms with van der Waals surface area (Å²) in [5.41, 5.74) is 0.814. The highest BCUT2D eigenvalue weighted by Crippen LogP contribution is 2.29. The second kappa shape index (κ2) is 5.05. The van der Waals surface area contributed by atoms with E-state index in [-0.39, 0.29) is 0 Å². The lowest BCUT2D eigenvalue weighted by atomic mass is 10.3. The molecule has 0 aliphatic carbocycles. The third-order valence-electron chi connectivity index (χ3n) is 2.32. The molecule has 0 radical (unpaired) electrons. The molecule has 0 spiro atoms. The second-order valence-electron chi connectivity index (χ2n) is 3.57. The summed E-state index contributed by atoms with van der Waals surface area (Å²) in [5, 5.41) is 12.9. The fourth-order valence-electron chi connectivity index (χ4n) is 1.50. The second-order valence-corrected chi connectivity index (χ2v) is 4.68. The third kappa shape index (κ3) is 2.60. The first-order valence-electron chi connectivity index (χ1n) is 5.19. The Bertz CT molecular complexity index is 598. The maximum atomic E-state index is 10.4. The molecule has 2 heterocycles. The number of nitrogens with zero attached hydrogens (tertiary/aromatic N) is 2. The van der Waals surface area contributed by atoms with Gasteiger partial charge in [-0.25, -0.2) is 9.48 Å². The zero-order chi connectivity index (χ0) is 13.1. The van der Waals surface area contributed by atoms with E-state index in [0.29, 0.717) is 5.88 Å². The van der Waals surface area contributed by atoms with Gasteiger partial charge in [0.15, 0.2) is 0 Å². The summed E-state index contributed by atoms with van der Waals surface area (Å²) in [7, 11) is 3.40. The number of methoxy groups -OCH3 is 1. The average molecular weight is 264 g/mol. The van der Waals surface area contributed by atoms with E-state index in [1.807, 2.05) is 18.2 Å². The molecule has 0 saturated heterocycles. The van der Waals surface area contributed by atoms with E-state index in [1.165, 1.54) is 11.3 Å². The number of aromatic nitrogens is 2. The Hall–Kier alpha value is -2.08. The van der Waals surface area contributed by atoms with E-state index in [0.717, 1.165) is 21.5 Å². The monoisotopic (exact) mass is 264 g/mol. The lowest BCUT2D eigenvalue weighted by molar-refractivity contribution is -0.131. The quantitative estimate of drug-likeness (QED) is 0.860. The molecule has 94 valence electrons. The highest BCUT2D eigenvalue weighted by molar-refractivity contribution is 7.16. The highest BCUT2D eigenvalue weighted by atomic mass is 32.1.